The molecule has 84 valence electrons. The van der Waals surface area contributed by atoms with Crippen LogP contribution in [0.2, 0.25) is 0 Å². The molecule has 1 aromatic carbocycles. The molecule has 0 spiro atoms. The fourth-order valence-electron chi connectivity index (χ4n) is 1.23. The van der Waals surface area contributed by atoms with E-state index >= 15 is 0 Å². The van der Waals surface area contributed by atoms with Gasteiger partial charge in [0.15, 0.2) is 0 Å². The molecule has 0 saturated heterocycles. The van der Waals surface area contributed by atoms with E-state index in [-0.39, 0.29) is 0 Å². The Kier molecular flexibility index (Phi) is 4.61. The second kappa shape index (κ2) is 5.52. The van der Waals surface area contributed by atoms with Gasteiger partial charge in [-0.2, -0.15) is 0 Å². The lowest BCUT2D eigenvalue weighted by Gasteiger charge is -2.15. The number of benzene rings is 1. The molecule has 0 saturated carbocycles. The van der Waals surface area contributed by atoms with E-state index in [1.807, 2.05) is 18.2 Å². The van der Waals surface area contributed by atoms with Gasteiger partial charge in [-0.05, 0) is 25.0 Å². The Balaban J connectivity index is 2.87. The fourth-order valence-corrected chi connectivity index (χ4v) is 1.57. The number of ether oxygens (including phenoxy) is 1. The molecule has 0 heterocycles. The van der Waals surface area contributed by atoms with Crippen LogP contribution >= 0.6 is 15.9 Å². The van der Waals surface area contributed by atoms with Crippen molar-refractivity contribution in [3.8, 4) is 5.75 Å². The van der Waals surface area contributed by atoms with E-state index in [1.165, 1.54) is 0 Å². The Morgan fingerprint density at radius 3 is 2.53 bits per heavy atom. The van der Waals surface area contributed by atoms with Crippen molar-refractivity contribution in [3.05, 3.63) is 28.2 Å². The minimum Gasteiger partial charge on any atom is -0.493 e. The quantitative estimate of drug-likeness (QED) is 0.909. The van der Waals surface area contributed by atoms with Crippen LogP contribution in [-0.4, -0.2) is 11.7 Å². The molecule has 0 bridgehead atoms. The van der Waals surface area contributed by atoms with Crippen molar-refractivity contribution in [2.75, 3.05) is 6.61 Å². The van der Waals surface area contributed by atoms with E-state index in [1.54, 1.807) is 6.92 Å². The summed E-state index contributed by atoms with van der Waals surface area (Å²) in [5.74, 6) is 1.24. The zero-order valence-corrected chi connectivity index (χ0v) is 10.9. The van der Waals surface area contributed by atoms with E-state index in [0.717, 1.165) is 15.8 Å². The Morgan fingerprint density at radius 1 is 1.33 bits per heavy atom. The minimum atomic E-state index is -0.500. The first kappa shape index (κ1) is 12.5. The summed E-state index contributed by atoms with van der Waals surface area (Å²) in [7, 11) is 0. The second-order valence-electron chi connectivity index (χ2n) is 4.06. The summed E-state index contributed by atoms with van der Waals surface area (Å²) in [4.78, 5) is 0. The summed E-state index contributed by atoms with van der Waals surface area (Å²) >= 11 is 3.39. The molecule has 15 heavy (non-hydrogen) atoms. The second-order valence-corrected chi connectivity index (χ2v) is 4.98. The van der Waals surface area contributed by atoms with E-state index in [4.69, 9.17) is 4.74 Å². The molecule has 1 rings (SSSR count). The van der Waals surface area contributed by atoms with Gasteiger partial charge in [0.1, 0.15) is 5.75 Å². The molecule has 0 aliphatic heterocycles. The molecular weight excluding hydrogens is 256 g/mol. The smallest absolute Gasteiger partial charge is 0.126 e. The van der Waals surface area contributed by atoms with Crippen molar-refractivity contribution >= 4 is 15.9 Å². The highest BCUT2D eigenvalue weighted by atomic mass is 79.9. The lowest BCUT2D eigenvalue weighted by Crippen LogP contribution is -2.07. The molecule has 0 fully saturated rings. The minimum absolute atomic E-state index is 0.478. The van der Waals surface area contributed by atoms with E-state index in [0.29, 0.717) is 12.5 Å². The average molecular weight is 273 g/mol. The zero-order chi connectivity index (χ0) is 11.4. The van der Waals surface area contributed by atoms with Crippen LogP contribution in [0.5, 0.6) is 5.75 Å². The van der Waals surface area contributed by atoms with Gasteiger partial charge in [-0.3, -0.25) is 0 Å². The third-order valence-electron chi connectivity index (χ3n) is 2.00. The third kappa shape index (κ3) is 3.84. The maximum Gasteiger partial charge on any atom is 0.126 e. The highest BCUT2D eigenvalue weighted by Crippen LogP contribution is 2.28. The normalized spacial score (nSPS) is 12.9. The Morgan fingerprint density at radius 2 is 2.00 bits per heavy atom. The van der Waals surface area contributed by atoms with E-state index < -0.39 is 6.10 Å². The van der Waals surface area contributed by atoms with Gasteiger partial charge in [-0.25, -0.2) is 0 Å². The number of rotatable bonds is 4. The van der Waals surface area contributed by atoms with Crippen molar-refractivity contribution < 1.29 is 9.84 Å². The van der Waals surface area contributed by atoms with Gasteiger partial charge >= 0.3 is 0 Å². The van der Waals surface area contributed by atoms with Crippen LogP contribution in [0.25, 0.3) is 0 Å². The molecule has 3 heteroatoms. The molecule has 0 aliphatic rings. The third-order valence-corrected chi connectivity index (χ3v) is 2.49. The van der Waals surface area contributed by atoms with Crippen LogP contribution < -0.4 is 4.74 Å². The summed E-state index contributed by atoms with van der Waals surface area (Å²) in [5, 5.41) is 9.57. The molecule has 2 nitrogen and oxygen atoms in total. The molecule has 0 aromatic heterocycles. The molecule has 1 N–H and O–H groups in total. The molecule has 0 radical (unpaired) electrons. The summed E-state index contributed by atoms with van der Waals surface area (Å²) < 4.78 is 6.61. The maximum absolute atomic E-state index is 9.57. The van der Waals surface area contributed by atoms with Gasteiger partial charge in [-0.15, -0.1) is 0 Å². The Hall–Kier alpha value is -0.540. The highest BCUT2D eigenvalue weighted by molar-refractivity contribution is 9.10. The molecule has 1 atom stereocenters. The molecule has 0 amide bonds. The largest absolute Gasteiger partial charge is 0.493 e. The maximum atomic E-state index is 9.57. The van der Waals surface area contributed by atoms with Crippen LogP contribution in [0, 0.1) is 5.92 Å². The van der Waals surface area contributed by atoms with Gasteiger partial charge in [0, 0.05) is 10.0 Å². The number of aliphatic hydroxyl groups is 1. The topological polar surface area (TPSA) is 29.5 Å². The average Bonchev–Trinajstić information content (AvgIpc) is 2.14. The monoisotopic (exact) mass is 272 g/mol. The lowest BCUT2D eigenvalue weighted by molar-refractivity contribution is 0.188. The highest BCUT2D eigenvalue weighted by Gasteiger charge is 2.10. The molecule has 1 aromatic rings. The predicted molar refractivity (Wildman–Crippen MR) is 65.1 cm³/mol. The number of hydrogen-bond acceptors (Lipinski definition) is 2. The number of aliphatic hydroxyl groups excluding tert-OH is 1. The van der Waals surface area contributed by atoms with Crippen molar-refractivity contribution in [1.29, 1.82) is 0 Å². The summed E-state index contributed by atoms with van der Waals surface area (Å²) in [6.45, 7) is 6.60. The summed E-state index contributed by atoms with van der Waals surface area (Å²) in [6, 6.07) is 5.68. The number of halogens is 1. The van der Waals surface area contributed by atoms with Crippen LogP contribution in [0.3, 0.4) is 0 Å². The molecule has 0 unspecified atom stereocenters. The van der Waals surface area contributed by atoms with Crippen molar-refractivity contribution in [1.82, 2.24) is 0 Å². The standard InChI is InChI=1S/C12H17BrO2/c1-8(2)7-15-12-6-10(13)4-5-11(12)9(3)14/h4-6,8-9,14H,7H2,1-3H3/t9-/m1/s1. The van der Waals surface area contributed by atoms with Gasteiger partial charge in [0.25, 0.3) is 0 Å². The van der Waals surface area contributed by atoms with Crippen LogP contribution in [-0.2, 0) is 0 Å². The summed E-state index contributed by atoms with van der Waals surface area (Å²) in [5.41, 5.74) is 0.832. The molecule has 0 aliphatic carbocycles. The first-order valence-electron chi connectivity index (χ1n) is 5.11. The first-order chi connectivity index (χ1) is 7.00. The van der Waals surface area contributed by atoms with Crippen LogP contribution in [0.1, 0.15) is 32.4 Å². The fraction of sp³-hybridized carbons (Fsp3) is 0.500. The van der Waals surface area contributed by atoms with Gasteiger partial charge < -0.3 is 9.84 Å². The zero-order valence-electron chi connectivity index (χ0n) is 9.33. The summed E-state index contributed by atoms with van der Waals surface area (Å²) in [6.07, 6.45) is -0.500. The Bertz CT molecular complexity index is 321. The van der Waals surface area contributed by atoms with E-state index in [2.05, 4.69) is 29.8 Å². The van der Waals surface area contributed by atoms with Gasteiger partial charge in [0.05, 0.1) is 12.7 Å². The first-order valence-corrected chi connectivity index (χ1v) is 5.90. The van der Waals surface area contributed by atoms with Crippen molar-refractivity contribution in [2.24, 2.45) is 5.92 Å². The van der Waals surface area contributed by atoms with E-state index in [9.17, 15) is 5.11 Å². The SMILES string of the molecule is CC(C)COc1cc(Br)ccc1[C@@H](C)O. The lowest BCUT2D eigenvalue weighted by atomic mass is 10.1. The van der Waals surface area contributed by atoms with Crippen molar-refractivity contribution in [3.63, 3.8) is 0 Å². The van der Waals surface area contributed by atoms with Gasteiger partial charge in [-0.1, -0.05) is 35.8 Å². The predicted octanol–water partition coefficient (Wildman–Crippen LogP) is 3.54. The number of hydrogen-bond donors (Lipinski definition) is 1. The van der Waals surface area contributed by atoms with Gasteiger partial charge in [0.2, 0.25) is 0 Å². The van der Waals surface area contributed by atoms with Crippen LogP contribution in [0.15, 0.2) is 22.7 Å². The molecular formula is C12H17BrO2. The Labute approximate surface area is 99.4 Å². The van der Waals surface area contributed by atoms with Crippen molar-refractivity contribution in [2.45, 2.75) is 26.9 Å². The van der Waals surface area contributed by atoms with Crippen LogP contribution in [0.4, 0.5) is 0 Å².